The molecule has 0 aromatic rings. The quantitative estimate of drug-likeness (QED) is 0.535. The molecular formula is C20H20O8. The van der Waals surface area contributed by atoms with Gasteiger partial charge >= 0.3 is 0 Å². The highest BCUT2D eigenvalue weighted by Crippen LogP contribution is 2.68. The summed E-state index contributed by atoms with van der Waals surface area (Å²) in [6.45, 7) is 3.77. The van der Waals surface area contributed by atoms with Gasteiger partial charge in [-0.2, -0.15) is 0 Å². The molecule has 13 atom stereocenters. The number of epoxide rings is 2. The Morgan fingerprint density at radius 2 is 1.64 bits per heavy atom. The molecule has 13 unspecified atom stereocenters. The molecule has 0 radical (unpaired) electrons. The monoisotopic (exact) mass is 388 g/mol. The number of ketones is 3. The van der Waals surface area contributed by atoms with E-state index in [9.17, 15) is 19.5 Å². The maximum absolute atomic E-state index is 13.7. The van der Waals surface area contributed by atoms with Crippen molar-refractivity contribution in [2.24, 2.45) is 29.1 Å². The fourth-order valence-corrected chi connectivity index (χ4v) is 7.29. The molecule has 0 aromatic heterocycles. The van der Waals surface area contributed by atoms with Crippen LogP contribution in [0.25, 0.3) is 0 Å². The third kappa shape index (κ3) is 1.47. The average molecular weight is 388 g/mol. The zero-order chi connectivity index (χ0) is 19.3. The fraction of sp³-hybridized carbons (Fsp3) is 0.750. The van der Waals surface area contributed by atoms with Crippen LogP contribution in [0.4, 0.5) is 0 Å². The van der Waals surface area contributed by atoms with Gasteiger partial charge in [0.05, 0.1) is 35.9 Å². The highest BCUT2D eigenvalue weighted by atomic mass is 16.6. The van der Waals surface area contributed by atoms with E-state index in [4.69, 9.17) is 18.9 Å². The van der Waals surface area contributed by atoms with Crippen LogP contribution in [-0.4, -0.2) is 71.3 Å². The minimum absolute atomic E-state index is 0.0535. The van der Waals surface area contributed by atoms with Gasteiger partial charge in [-0.25, -0.2) is 0 Å². The van der Waals surface area contributed by atoms with E-state index in [0.29, 0.717) is 5.57 Å². The third-order valence-electron chi connectivity index (χ3n) is 8.34. The maximum Gasteiger partial charge on any atom is 0.177 e. The summed E-state index contributed by atoms with van der Waals surface area (Å²) in [5, 5.41) is 10.9. The number of Topliss-reactive ketones (excluding diaryl/α,β-unsaturated/α-hetero) is 3. The van der Waals surface area contributed by atoms with E-state index in [2.05, 4.69) is 0 Å². The van der Waals surface area contributed by atoms with E-state index in [1.165, 1.54) is 6.26 Å². The topological polar surface area (TPSA) is 115 Å². The molecule has 0 aromatic carbocycles. The second-order valence-electron chi connectivity index (χ2n) is 9.31. The first kappa shape index (κ1) is 16.2. The summed E-state index contributed by atoms with van der Waals surface area (Å²) < 4.78 is 23.0. The van der Waals surface area contributed by atoms with Gasteiger partial charge in [0.15, 0.2) is 29.6 Å². The molecular weight excluding hydrogens is 368 g/mol. The lowest BCUT2D eigenvalue weighted by Crippen LogP contribution is -2.77. The van der Waals surface area contributed by atoms with Gasteiger partial charge in [0.1, 0.15) is 18.3 Å². The van der Waals surface area contributed by atoms with Crippen LogP contribution in [0.3, 0.4) is 0 Å². The zero-order valence-corrected chi connectivity index (χ0v) is 15.3. The maximum atomic E-state index is 13.7. The summed E-state index contributed by atoms with van der Waals surface area (Å²) in [7, 11) is 0. The molecule has 3 saturated carbocycles. The Hall–Kier alpha value is -1.61. The second-order valence-corrected chi connectivity index (χ2v) is 9.31. The number of aliphatic hydroxyl groups is 1. The second kappa shape index (κ2) is 4.59. The number of aliphatic hydroxyl groups excluding tert-OH is 1. The summed E-state index contributed by atoms with van der Waals surface area (Å²) >= 11 is 0. The average Bonchev–Trinajstić information content (AvgIpc) is 3.57. The van der Waals surface area contributed by atoms with Crippen molar-refractivity contribution in [2.75, 3.05) is 0 Å². The predicted octanol–water partition coefficient (Wildman–Crippen LogP) is -0.829. The number of fused-ring (bicyclic) bond motifs is 3. The molecule has 8 nitrogen and oxygen atoms in total. The molecule has 8 rings (SSSR count). The smallest absolute Gasteiger partial charge is 0.177 e. The van der Waals surface area contributed by atoms with Crippen molar-refractivity contribution >= 4 is 17.3 Å². The number of carbonyl (C=O) groups is 3. The van der Waals surface area contributed by atoms with Crippen LogP contribution in [0.5, 0.6) is 0 Å². The molecule has 5 heterocycles. The minimum Gasteiger partial charge on any atom is -0.498 e. The first-order chi connectivity index (χ1) is 13.4. The molecule has 1 N–H and O–H groups in total. The first-order valence-corrected chi connectivity index (χ1v) is 10.0. The van der Waals surface area contributed by atoms with Gasteiger partial charge in [-0.15, -0.1) is 0 Å². The lowest BCUT2D eigenvalue weighted by Gasteiger charge is -2.66. The molecule has 4 saturated heterocycles. The lowest BCUT2D eigenvalue weighted by atomic mass is 9.41. The Balaban J connectivity index is 1.49. The summed E-state index contributed by atoms with van der Waals surface area (Å²) in [4.78, 5) is 39.9. The van der Waals surface area contributed by atoms with Crippen molar-refractivity contribution in [1.29, 1.82) is 0 Å². The molecule has 1 spiro atoms. The van der Waals surface area contributed by atoms with Crippen LogP contribution in [0.1, 0.15) is 13.8 Å². The van der Waals surface area contributed by atoms with Crippen molar-refractivity contribution in [3.63, 3.8) is 0 Å². The van der Waals surface area contributed by atoms with Crippen LogP contribution in [0.15, 0.2) is 11.8 Å². The summed E-state index contributed by atoms with van der Waals surface area (Å²) in [6, 6.07) is 0. The molecule has 2 bridgehead atoms. The zero-order valence-electron chi connectivity index (χ0n) is 15.3. The number of ether oxygens (including phenoxy) is 4. The normalized spacial score (nSPS) is 62.5. The Labute approximate surface area is 160 Å². The van der Waals surface area contributed by atoms with Gasteiger partial charge in [0.2, 0.25) is 0 Å². The first-order valence-electron chi connectivity index (χ1n) is 10.0. The molecule has 0 amide bonds. The Kier molecular flexibility index (Phi) is 2.66. The van der Waals surface area contributed by atoms with E-state index in [-0.39, 0.29) is 41.4 Å². The van der Waals surface area contributed by atoms with Crippen LogP contribution >= 0.6 is 0 Å². The number of carbonyl (C=O) groups excluding carboxylic acids is 3. The molecule has 7 fully saturated rings. The molecule has 8 heteroatoms. The summed E-state index contributed by atoms with van der Waals surface area (Å²) in [5.41, 5.74) is -0.746. The third-order valence-corrected chi connectivity index (χ3v) is 8.34. The summed E-state index contributed by atoms with van der Waals surface area (Å²) in [6.07, 6.45) is -3.57. The number of rotatable bonds is 0. The van der Waals surface area contributed by atoms with Crippen molar-refractivity contribution in [2.45, 2.75) is 62.7 Å². The number of hydrogen-bond acceptors (Lipinski definition) is 8. The van der Waals surface area contributed by atoms with Gasteiger partial charge < -0.3 is 24.1 Å². The fourth-order valence-electron chi connectivity index (χ4n) is 7.29. The lowest BCUT2D eigenvalue weighted by molar-refractivity contribution is -0.272. The largest absolute Gasteiger partial charge is 0.498 e. The molecule has 148 valence electrons. The van der Waals surface area contributed by atoms with Gasteiger partial charge in [0.25, 0.3) is 0 Å². The van der Waals surface area contributed by atoms with Gasteiger partial charge in [-0.05, 0) is 13.8 Å². The van der Waals surface area contributed by atoms with E-state index in [0.717, 1.165) is 0 Å². The van der Waals surface area contributed by atoms with Crippen LogP contribution in [0, 0.1) is 29.1 Å². The van der Waals surface area contributed by atoms with Crippen molar-refractivity contribution in [1.82, 2.24) is 0 Å². The molecule has 5 aliphatic heterocycles. The summed E-state index contributed by atoms with van der Waals surface area (Å²) in [5.74, 6) is -2.33. The molecule has 3 aliphatic carbocycles. The number of hydrogen-bond donors (Lipinski definition) is 1. The van der Waals surface area contributed by atoms with E-state index in [1.54, 1.807) is 0 Å². The Bertz CT molecular complexity index is 895. The Morgan fingerprint density at radius 3 is 2.39 bits per heavy atom. The van der Waals surface area contributed by atoms with Crippen molar-refractivity contribution in [3.8, 4) is 0 Å². The van der Waals surface area contributed by atoms with Gasteiger partial charge in [-0.3, -0.25) is 14.4 Å². The van der Waals surface area contributed by atoms with Gasteiger partial charge in [-0.1, -0.05) is 0 Å². The van der Waals surface area contributed by atoms with Crippen molar-refractivity contribution in [3.05, 3.63) is 11.8 Å². The SMILES string of the molecule is CC1OC2C3C(=O)C4OC4C(=O)C3C1C1C(C)OC=C3C(O)C4OC4C(=O)C321. The molecule has 28 heavy (non-hydrogen) atoms. The predicted molar refractivity (Wildman–Crippen MR) is 87.7 cm³/mol. The molecule has 8 aliphatic rings. The van der Waals surface area contributed by atoms with E-state index < -0.39 is 53.9 Å². The standard InChI is InChI=1S/C20H20O8/c1-4-7-8-9(13(23)16-15(27-16)12(8)22)19(26-4)20-6(3-25-5(2)10(7)20)11(21)14-17(28-14)18(20)24/h3-5,7-11,14-17,19,21H,1-2H3. The van der Waals surface area contributed by atoms with Crippen LogP contribution < -0.4 is 0 Å². The Morgan fingerprint density at radius 1 is 0.929 bits per heavy atom. The van der Waals surface area contributed by atoms with E-state index in [1.807, 2.05) is 13.8 Å². The van der Waals surface area contributed by atoms with Crippen LogP contribution in [-0.2, 0) is 33.3 Å². The minimum atomic E-state index is -1.19. The van der Waals surface area contributed by atoms with Crippen LogP contribution in [0.2, 0.25) is 0 Å². The highest BCUT2D eigenvalue weighted by Gasteiger charge is 2.81. The van der Waals surface area contributed by atoms with Crippen molar-refractivity contribution < 1.29 is 38.4 Å². The van der Waals surface area contributed by atoms with Gasteiger partial charge in [0, 0.05) is 23.3 Å². The van der Waals surface area contributed by atoms with E-state index >= 15 is 0 Å². The highest BCUT2D eigenvalue weighted by molar-refractivity contribution is 6.08.